The fraction of sp³-hybridized carbons (Fsp3) is 0.222. The first kappa shape index (κ1) is 21.2. The Bertz CT molecular complexity index is 1140. The molecule has 0 bridgehead atoms. The number of nitrogens with zero attached hydrogens (tertiary/aromatic N) is 2. The van der Waals surface area contributed by atoms with Crippen LogP contribution in [0.4, 0.5) is 9.18 Å². The lowest BCUT2D eigenvalue weighted by molar-refractivity contribution is -0.124. The molecule has 156 valence electrons. The molecule has 0 saturated carbocycles. The number of amides is 3. The number of carbonyl (C=O) groups excluding carboxylic acids is 3. The molecule has 1 aliphatic heterocycles. The van der Waals surface area contributed by atoms with Gasteiger partial charge in [-0.3, -0.25) is 29.1 Å². The van der Waals surface area contributed by atoms with Crippen LogP contribution in [0.3, 0.4) is 0 Å². The van der Waals surface area contributed by atoms with Crippen molar-refractivity contribution in [3.8, 4) is 0 Å². The predicted octanol–water partition coefficient (Wildman–Crippen LogP) is 0.383. The lowest BCUT2D eigenvalue weighted by atomic mass is 10.2. The second-order valence-corrected chi connectivity index (χ2v) is 7.15. The monoisotopic (exact) mass is 433 g/mol. The van der Waals surface area contributed by atoms with E-state index in [0.717, 1.165) is 4.90 Å². The van der Waals surface area contributed by atoms with E-state index >= 15 is 0 Å². The average molecular weight is 433 g/mol. The maximum atomic E-state index is 13.7. The van der Waals surface area contributed by atoms with E-state index in [2.05, 4.69) is 15.5 Å². The summed E-state index contributed by atoms with van der Waals surface area (Å²) in [4.78, 5) is 61.8. The van der Waals surface area contributed by atoms with Crippen molar-refractivity contribution in [3.05, 3.63) is 67.1 Å². The van der Waals surface area contributed by atoms with Crippen LogP contribution in [0, 0.1) is 5.82 Å². The van der Waals surface area contributed by atoms with E-state index in [1.165, 1.54) is 24.3 Å². The SMILES string of the molecule is O=C(CCc1n[nH]c(=O)[nH]c1=O)NCCN1C(=O)SC(=Cc2ccccc2F)C1=O. The van der Waals surface area contributed by atoms with Crippen molar-refractivity contribution in [1.29, 1.82) is 0 Å². The van der Waals surface area contributed by atoms with Crippen LogP contribution >= 0.6 is 11.8 Å². The summed E-state index contributed by atoms with van der Waals surface area (Å²) in [5.74, 6) is -1.49. The molecule has 0 atom stereocenters. The summed E-state index contributed by atoms with van der Waals surface area (Å²) in [5.41, 5.74) is -1.21. The normalized spacial score (nSPS) is 15.1. The number of carbonyl (C=O) groups is 3. The van der Waals surface area contributed by atoms with Gasteiger partial charge in [0, 0.05) is 31.5 Å². The Morgan fingerprint density at radius 3 is 2.73 bits per heavy atom. The highest BCUT2D eigenvalue weighted by Gasteiger charge is 2.34. The van der Waals surface area contributed by atoms with E-state index in [9.17, 15) is 28.4 Å². The Balaban J connectivity index is 1.51. The lowest BCUT2D eigenvalue weighted by Crippen LogP contribution is -2.37. The molecule has 2 heterocycles. The van der Waals surface area contributed by atoms with Crippen molar-refractivity contribution in [1.82, 2.24) is 25.4 Å². The molecule has 1 aromatic heterocycles. The molecule has 1 saturated heterocycles. The third-order valence-corrected chi connectivity index (χ3v) is 5.00. The molecule has 30 heavy (non-hydrogen) atoms. The zero-order valence-corrected chi connectivity index (χ0v) is 16.3. The van der Waals surface area contributed by atoms with Gasteiger partial charge in [-0.25, -0.2) is 14.3 Å². The molecular formula is C18H16FN5O5S. The number of hydrogen-bond acceptors (Lipinski definition) is 7. The highest BCUT2D eigenvalue weighted by molar-refractivity contribution is 8.18. The maximum absolute atomic E-state index is 13.7. The zero-order chi connectivity index (χ0) is 21.7. The zero-order valence-electron chi connectivity index (χ0n) is 15.4. The summed E-state index contributed by atoms with van der Waals surface area (Å²) >= 11 is 0.698. The van der Waals surface area contributed by atoms with E-state index < -0.39 is 34.1 Å². The number of aromatic nitrogens is 3. The fourth-order valence-electron chi connectivity index (χ4n) is 2.60. The number of hydrogen-bond donors (Lipinski definition) is 3. The Hall–Kier alpha value is -3.54. The van der Waals surface area contributed by atoms with E-state index in [-0.39, 0.29) is 42.1 Å². The topological polar surface area (TPSA) is 145 Å². The van der Waals surface area contributed by atoms with Crippen molar-refractivity contribution in [3.63, 3.8) is 0 Å². The van der Waals surface area contributed by atoms with Gasteiger partial charge in [-0.05, 0) is 23.9 Å². The fourth-order valence-corrected chi connectivity index (χ4v) is 3.45. The van der Waals surface area contributed by atoms with Crippen molar-refractivity contribution in [2.45, 2.75) is 12.8 Å². The molecule has 1 fully saturated rings. The molecular weight excluding hydrogens is 417 g/mol. The minimum atomic E-state index is -0.741. The Labute approximate surface area is 172 Å². The van der Waals surface area contributed by atoms with Crippen LogP contribution < -0.4 is 16.6 Å². The summed E-state index contributed by atoms with van der Waals surface area (Å²) in [7, 11) is 0. The number of thioether (sulfide) groups is 1. The number of imide groups is 1. The highest BCUT2D eigenvalue weighted by atomic mass is 32.2. The number of aryl methyl sites for hydroxylation is 1. The number of benzene rings is 1. The van der Waals surface area contributed by atoms with Gasteiger partial charge in [-0.15, -0.1) is 0 Å². The quantitative estimate of drug-likeness (QED) is 0.535. The standard InChI is InChI=1S/C18H16FN5O5S/c19-11-4-2-1-3-10(11)9-13-16(27)24(18(29)30-13)8-7-20-14(25)6-5-12-15(26)21-17(28)23-22-12/h1-4,9H,5-8H2,(H,20,25)(H2,21,23,26,28). The maximum Gasteiger partial charge on any atom is 0.342 e. The second-order valence-electron chi connectivity index (χ2n) is 6.16. The molecule has 3 amide bonds. The first-order valence-corrected chi connectivity index (χ1v) is 9.61. The third kappa shape index (κ3) is 5.08. The summed E-state index contributed by atoms with van der Waals surface area (Å²) < 4.78 is 13.7. The van der Waals surface area contributed by atoms with Crippen LogP contribution in [0.1, 0.15) is 17.7 Å². The number of halogens is 1. The van der Waals surface area contributed by atoms with Gasteiger partial charge in [0.05, 0.1) is 4.91 Å². The Kier molecular flexibility index (Phi) is 6.57. The van der Waals surface area contributed by atoms with Crippen LogP contribution in [0.5, 0.6) is 0 Å². The van der Waals surface area contributed by atoms with E-state index in [1.54, 1.807) is 6.07 Å². The van der Waals surface area contributed by atoms with Crippen molar-refractivity contribution >= 4 is 34.9 Å². The van der Waals surface area contributed by atoms with Gasteiger partial charge >= 0.3 is 5.69 Å². The second kappa shape index (κ2) is 9.31. The van der Waals surface area contributed by atoms with Crippen molar-refractivity contribution < 1.29 is 18.8 Å². The number of H-pyrrole nitrogens is 2. The van der Waals surface area contributed by atoms with Crippen LogP contribution in [-0.2, 0) is 16.0 Å². The smallest absolute Gasteiger partial charge is 0.342 e. The summed E-state index contributed by atoms with van der Waals surface area (Å²) in [6, 6.07) is 5.88. The minimum Gasteiger partial charge on any atom is -0.354 e. The molecule has 10 nitrogen and oxygen atoms in total. The van der Waals surface area contributed by atoms with Gasteiger partial charge in [0.1, 0.15) is 11.5 Å². The molecule has 3 rings (SSSR count). The van der Waals surface area contributed by atoms with Gasteiger partial charge < -0.3 is 5.32 Å². The molecule has 0 spiro atoms. The number of rotatable bonds is 7. The van der Waals surface area contributed by atoms with E-state index in [1.807, 2.05) is 4.98 Å². The van der Waals surface area contributed by atoms with Gasteiger partial charge in [-0.2, -0.15) is 5.10 Å². The van der Waals surface area contributed by atoms with Gasteiger partial charge in [0.25, 0.3) is 16.7 Å². The summed E-state index contributed by atoms with van der Waals surface area (Å²) in [6.07, 6.45) is 1.25. The van der Waals surface area contributed by atoms with Gasteiger partial charge in [0.15, 0.2) is 0 Å². The number of aromatic amines is 2. The predicted molar refractivity (Wildman–Crippen MR) is 106 cm³/mol. The summed E-state index contributed by atoms with van der Waals surface area (Å²) in [6.45, 7) is -0.0399. The summed E-state index contributed by atoms with van der Waals surface area (Å²) in [5, 5.41) is 7.67. The van der Waals surface area contributed by atoms with E-state index in [0.29, 0.717) is 11.8 Å². The van der Waals surface area contributed by atoms with Crippen molar-refractivity contribution in [2.75, 3.05) is 13.1 Å². The third-order valence-electron chi connectivity index (χ3n) is 4.09. The molecule has 0 unspecified atom stereocenters. The molecule has 3 N–H and O–H groups in total. The molecule has 0 aliphatic carbocycles. The molecule has 2 aromatic rings. The number of nitrogens with one attached hydrogen (secondary N) is 3. The average Bonchev–Trinajstić information content (AvgIpc) is 2.96. The van der Waals surface area contributed by atoms with Crippen LogP contribution in [0.2, 0.25) is 0 Å². The highest BCUT2D eigenvalue weighted by Crippen LogP contribution is 2.32. The van der Waals surface area contributed by atoms with Gasteiger partial charge in [0.2, 0.25) is 5.91 Å². The Morgan fingerprint density at radius 2 is 2.00 bits per heavy atom. The first-order valence-electron chi connectivity index (χ1n) is 8.79. The van der Waals surface area contributed by atoms with Crippen LogP contribution in [-0.4, -0.2) is 50.2 Å². The van der Waals surface area contributed by atoms with E-state index in [4.69, 9.17) is 0 Å². The minimum absolute atomic E-state index is 0.00486. The lowest BCUT2D eigenvalue weighted by Gasteiger charge is -2.12. The Morgan fingerprint density at radius 1 is 1.23 bits per heavy atom. The molecule has 1 aromatic carbocycles. The molecule has 0 radical (unpaired) electrons. The first-order chi connectivity index (χ1) is 14.3. The largest absolute Gasteiger partial charge is 0.354 e. The van der Waals surface area contributed by atoms with Crippen LogP contribution in [0.15, 0.2) is 38.8 Å². The van der Waals surface area contributed by atoms with Crippen molar-refractivity contribution in [2.24, 2.45) is 0 Å². The van der Waals surface area contributed by atoms with Gasteiger partial charge in [-0.1, -0.05) is 18.2 Å². The van der Waals surface area contributed by atoms with Crippen LogP contribution in [0.25, 0.3) is 6.08 Å². The molecule has 1 aliphatic rings. The molecule has 12 heteroatoms.